The lowest BCUT2D eigenvalue weighted by Crippen LogP contribution is -2.51. The zero-order valence-corrected chi connectivity index (χ0v) is 21.5. The fourth-order valence-electron chi connectivity index (χ4n) is 5.56. The third-order valence-corrected chi connectivity index (χ3v) is 7.11. The first-order chi connectivity index (χ1) is 15.6. The summed E-state index contributed by atoms with van der Waals surface area (Å²) in [5.41, 5.74) is -0.0739. The van der Waals surface area contributed by atoms with Crippen LogP contribution in [0.15, 0.2) is 0 Å². The lowest BCUT2D eigenvalue weighted by Gasteiger charge is -2.38. The van der Waals surface area contributed by atoms with Gasteiger partial charge in [-0.2, -0.15) is 0 Å². The van der Waals surface area contributed by atoms with Crippen LogP contribution in [0.4, 0.5) is 4.79 Å². The lowest BCUT2D eigenvalue weighted by atomic mass is 9.79. The zero-order valence-electron chi connectivity index (χ0n) is 21.5. The number of nitrogens with zero attached hydrogens (tertiary/aromatic N) is 2. The van der Waals surface area contributed by atoms with E-state index in [1.54, 1.807) is 0 Å². The Bertz CT molecular complexity index is 659. The van der Waals surface area contributed by atoms with E-state index < -0.39 is 5.79 Å². The Morgan fingerprint density at radius 2 is 1.82 bits per heavy atom. The highest BCUT2D eigenvalue weighted by atomic mass is 16.7. The van der Waals surface area contributed by atoms with Crippen LogP contribution >= 0.6 is 0 Å². The number of ether oxygens (including phenoxy) is 2. The Hall–Kier alpha value is -1.22. The first-order valence-electron chi connectivity index (χ1n) is 12.8. The highest BCUT2D eigenvalue weighted by molar-refractivity contribution is 5.95. The zero-order chi connectivity index (χ0) is 24.1. The van der Waals surface area contributed by atoms with Crippen molar-refractivity contribution >= 4 is 11.9 Å². The summed E-state index contributed by atoms with van der Waals surface area (Å²) in [4.78, 5) is 30.5. The Kier molecular flexibility index (Phi) is 9.17. The highest BCUT2D eigenvalue weighted by Crippen LogP contribution is 2.41. The molecule has 2 atom stereocenters. The lowest BCUT2D eigenvalue weighted by molar-refractivity contribution is -0.188. The molecule has 1 spiro atoms. The molecule has 2 unspecified atom stereocenters. The minimum absolute atomic E-state index is 0.0490. The Labute approximate surface area is 200 Å². The molecule has 2 N–H and O–H groups in total. The van der Waals surface area contributed by atoms with Crippen molar-refractivity contribution in [1.82, 2.24) is 20.4 Å². The van der Waals surface area contributed by atoms with Crippen LogP contribution in [0.25, 0.3) is 0 Å². The quantitative estimate of drug-likeness (QED) is 0.487. The number of urea groups is 1. The molecule has 1 saturated heterocycles. The number of amides is 3. The van der Waals surface area contributed by atoms with Gasteiger partial charge in [-0.05, 0) is 64.1 Å². The number of hydrogen-bond acceptors (Lipinski definition) is 6. The molecule has 2 aliphatic carbocycles. The highest BCUT2D eigenvalue weighted by Gasteiger charge is 2.43. The topological polar surface area (TPSA) is 83.1 Å². The summed E-state index contributed by atoms with van der Waals surface area (Å²) in [5.74, 6) is 0.0917. The van der Waals surface area contributed by atoms with E-state index in [4.69, 9.17) is 9.47 Å². The van der Waals surface area contributed by atoms with Crippen molar-refractivity contribution in [3.8, 4) is 0 Å². The van der Waals surface area contributed by atoms with E-state index in [1.807, 2.05) is 21.1 Å². The molecule has 2 saturated carbocycles. The second-order valence-electron chi connectivity index (χ2n) is 11.5. The van der Waals surface area contributed by atoms with Crippen molar-refractivity contribution < 1.29 is 19.1 Å². The van der Waals surface area contributed by atoms with E-state index in [0.29, 0.717) is 44.7 Å². The van der Waals surface area contributed by atoms with Gasteiger partial charge in [0.15, 0.2) is 5.79 Å². The van der Waals surface area contributed by atoms with Gasteiger partial charge >= 0.3 is 6.03 Å². The number of carbonyl (C=O) groups excluding carboxylic acids is 2. The Morgan fingerprint density at radius 1 is 1.12 bits per heavy atom. The van der Waals surface area contributed by atoms with Crippen molar-refractivity contribution in [2.45, 2.75) is 64.6 Å². The number of hydrogen-bond donors (Lipinski definition) is 2. The number of imide groups is 1. The van der Waals surface area contributed by atoms with Crippen LogP contribution in [0.1, 0.15) is 58.8 Å². The second kappa shape index (κ2) is 11.5. The molecule has 33 heavy (non-hydrogen) atoms. The molecular formula is C25H46N4O4. The van der Waals surface area contributed by atoms with Crippen LogP contribution in [0, 0.1) is 23.2 Å². The van der Waals surface area contributed by atoms with E-state index >= 15 is 0 Å². The first-order valence-corrected chi connectivity index (χ1v) is 12.8. The molecule has 8 heteroatoms. The van der Waals surface area contributed by atoms with E-state index in [2.05, 4.69) is 29.4 Å². The monoisotopic (exact) mass is 466 g/mol. The van der Waals surface area contributed by atoms with Crippen molar-refractivity contribution in [1.29, 1.82) is 0 Å². The molecule has 8 nitrogen and oxygen atoms in total. The van der Waals surface area contributed by atoms with Gasteiger partial charge < -0.3 is 25.0 Å². The smallest absolute Gasteiger partial charge is 0.324 e. The van der Waals surface area contributed by atoms with E-state index in [0.717, 1.165) is 51.5 Å². The van der Waals surface area contributed by atoms with Crippen LogP contribution in [-0.2, 0) is 14.3 Å². The van der Waals surface area contributed by atoms with Gasteiger partial charge in [-0.15, -0.1) is 0 Å². The predicted octanol–water partition coefficient (Wildman–Crippen LogP) is 2.68. The summed E-state index contributed by atoms with van der Waals surface area (Å²) >= 11 is 0. The Balaban J connectivity index is 1.63. The van der Waals surface area contributed by atoms with Gasteiger partial charge in [0.25, 0.3) is 0 Å². The van der Waals surface area contributed by atoms with Gasteiger partial charge in [0.1, 0.15) is 0 Å². The molecule has 190 valence electrons. The van der Waals surface area contributed by atoms with Crippen molar-refractivity contribution in [2.75, 3.05) is 60.5 Å². The summed E-state index contributed by atoms with van der Waals surface area (Å²) in [6.07, 6.45) is 6.86. The summed E-state index contributed by atoms with van der Waals surface area (Å²) in [7, 11) is 5.94. The normalized spacial score (nSPS) is 23.6. The van der Waals surface area contributed by atoms with Gasteiger partial charge in [-0.25, -0.2) is 4.79 Å². The van der Waals surface area contributed by atoms with Crippen molar-refractivity contribution in [3.63, 3.8) is 0 Å². The molecule has 0 aromatic rings. The summed E-state index contributed by atoms with van der Waals surface area (Å²) < 4.78 is 11.9. The SMILES string of the molecule is CNCC(CC1CCCC2(C1)OCCO2)C(=O)N(CC1CC1)C(=O)NCC(C)(C)CN(C)C. The van der Waals surface area contributed by atoms with E-state index in [1.165, 1.54) is 4.90 Å². The second-order valence-corrected chi connectivity index (χ2v) is 11.5. The van der Waals surface area contributed by atoms with Crippen LogP contribution in [-0.4, -0.2) is 88.1 Å². The van der Waals surface area contributed by atoms with Gasteiger partial charge in [0.05, 0.1) is 19.1 Å². The number of nitrogens with one attached hydrogen (secondary N) is 2. The van der Waals surface area contributed by atoms with E-state index in [-0.39, 0.29) is 23.3 Å². The molecule has 3 rings (SSSR count). The maximum atomic E-state index is 13.7. The molecule has 0 aromatic carbocycles. The molecule has 1 aliphatic heterocycles. The minimum atomic E-state index is -0.445. The fraction of sp³-hybridized carbons (Fsp3) is 0.920. The van der Waals surface area contributed by atoms with Gasteiger partial charge in [0.2, 0.25) is 5.91 Å². The molecule has 0 bridgehead atoms. The maximum Gasteiger partial charge on any atom is 0.324 e. The predicted molar refractivity (Wildman–Crippen MR) is 129 cm³/mol. The van der Waals surface area contributed by atoms with Crippen LogP contribution in [0.5, 0.6) is 0 Å². The van der Waals surface area contributed by atoms with Gasteiger partial charge in [-0.3, -0.25) is 9.69 Å². The molecule has 1 heterocycles. The molecular weight excluding hydrogens is 420 g/mol. The molecule has 0 aromatic heterocycles. The third-order valence-electron chi connectivity index (χ3n) is 7.11. The molecule has 3 amide bonds. The molecule has 0 radical (unpaired) electrons. The summed E-state index contributed by atoms with van der Waals surface area (Å²) in [6.45, 7) is 8.09. The van der Waals surface area contributed by atoms with Crippen molar-refractivity contribution in [2.24, 2.45) is 23.2 Å². The van der Waals surface area contributed by atoms with Crippen LogP contribution < -0.4 is 10.6 Å². The van der Waals surface area contributed by atoms with Gasteiger partial charge in [-0.1, -0.05) is 20.3 Å². The maximum absolute atomic E-state index is 13.7. The summed E-state index contributed by atoms with van der Waals surface area (Å²) in [6, 6.07) is -0.248. The van der Waals surface area contributed by atoms with Crippen molar-refractivity contribution in [3.05, 3.63) is 0 Å². The standard InChI is InChI=1S/C25H46N4O4/c1-24(2,18-28(4)5)17-27-23(31)29(16-19-8-9-19)22(30)21(15-26-3)13-20-7-6-10-25(14-20)32-11-12-33-25/h19-21,26H,6-18H2,1-5H3,(H,27,31). The first kappa shape index (κ1) is 26.4. The van der Waals surface area contributed by atoms with Crippen LogP contribution in [0.3, 0.4) is 0 Å². The number of carbonyl (C=O) groups is 2. The molecule has 3 aliphatic rings. The van der Waals surface area contributed by atoms with E-state index in [9.17, 15) is 9.59 Å². The third kappa shape index (κ3) is 7.91. The van der Waals surface area contributed by atoms with Crippen LogP contribution in [0.2, 0.25) is 0 Å². The number of rotatable bonds is 11. The Morgan fingerprint density at radius 3 is 2.42 bits per heavy atom. The largest absolute Gasteiger partial charge is 0.348 e. The molecule has 3 fully saturated rings. The average Bonchev–Trinajstić information content (AvgIpc) is 3.47. The summed E-state index contributed by atoms with van der Waals surface area (Å²) in [5, 5.41) is 6.25. The minimum Gasteiger partial charge on any atom is -0.348 e. The average molecular weight is 467 g/mol. The van der Waals surface area contributed by atoms with Gasteiger partial charge in [0, 0.05) is 39.0 Å². The fourth-order valence-corrected chi connectivity index (χ4v) is 5.56.